The maximum atomic E-state index is 12.6. The van der Waals surface area contributed by atoms with E-state index in [1.807, 2.05) is 29.2 Å². The van der Waals surface area contributed by atoms with E-state index in [4.69, 9.17) is 10.5 Å². The number of rotatable bonds is 5. The Morgan fingerprint density at radius 2 is 2.24 bits per heavy atom. The number of nitrogens with zero attached hydrogens (tertiary/aromatic N) is 3. The molecule has 1 aromatic carbocycles. The van der Waals surface area contributed by atoms with Crippen LogP contribution in [0.15, 0.2) is 47.1 Å². The van der Waals surface area contributed by atoms with E-state index in [9.17, 15) is 9.00 Å². The Morgan fingerprint density at radius 3 is 3.07 bits per heavy atom. The number of hydrogen-bond donors (Lipinski definition) is 2. The van der Waals surface area contributed by atoms with Gasteiger partial charge in [-0.2, -0.15) is 4.40 Å². The Hall–Kier alpha value is -2.94. The summed E-state index contributed by atoms with van der Waals surface area (Å²) in [5.41, 5.74) is 8.16. The molecule has 2 aromatic rings. The largest absolute Gasteiger partial charge is 0.492 e. The number of amides is 1. The zero-order valence-electron chi connectivity index (χ0n) is 15.9. The topological polar surface area (TPSA) is 110 Å². The summed E-state index contributed by atoms with van der Waals surface area (Å²) in [6.07, 6.45) is 5.74. The van der Waals surface area contributed by atoms with Crippen molar-refractivity contribution in [2.75, 3.05) is 24.4 Å². The monoisotopic (exact) mass is 413 g/mol. The maximum Gasteiger partial charge on any atom is 0.245 e. The van der Waals surface area contributed by atoms with Crippen LogP contribution in [0.25, 0.3) is 0 Å². The van der Waals surface area contributed by atoms with Crippen molar-refractivity contribution in [2.24, 2.45) is 16.0 Å². The van der Waals surface area contributed by atoms with Gasteiger partial charge in [0.15, 0.2) is 0 Å². The minimum atomic E-state index is -1.57. The van der Waals surface area contributed by atoms with Gasteiger partial charge in [-0.3, -0.25) is 14.5 Å². The van der Waals surface area contributed by atoms with E-state index >= 15 is 0 Å². The highest BCUT2D eigenvalue weighted by Crippen LogP contribution is 2.30. The molecule has 0 spiro atoms. The molecule has 0 radical (unpaired) electrons. The first kappa shape index (κ1) is 19.4. The van der Waals surface area contributed by atoms with E-state index in [2.05, 4.69) is 14.1 Å². The van der Waals surface area contributed by atoms with Gasteiger partial charge in [0, 0.05) is 31.4 Å². The van der Waals surface area contributed by atoms with Gasteiger partial charge in [-0.05, 0) is 36.6 Å². The second kappa shape index (κ2) is 8.60. The average molecular weight is 414 g/mol. The fourth-order valence-corrected chi connectivity index (χ4v) is 4.35. The molecule has 8 nitrogen and oxygen atoms in total. The normalized spacial score (nSPS) is 21.0. The zero-order valence-corrected chi connectivity index (χ0v) is 16.7. The van der Waals surface area contributed by atoms with Crippen molar-refractivity contribution < 1.29 is 13.7 Å². The third kappa shape index (κ3) is 4.56. The first-order valence-electron chi connectivity index (χ1n) is 9.55. The molecule has 3 heterocycles. The van der Waals surface area contributed by atoms with E-state index in [1.165, 1.54) is 0 Å². The molecule has 29 heavy (non-hydrogen) atoms. The van der Waals surface area contributed by atoms with Crippen LogP contribution in [0.2, 0.25) is 0 Å². The molecule has 1 amide bonds. The predicted molar refractivity (Wildman–Crippen MR) is 112 cm³/mol. The molecule has 1 unspecified atom stereocenters. The highest BCUT2D eigenvalue weighted by atomic mass is 32.2. The molecule has 2 aliphatic rings. The summed E-state index contributed by atoms with van der Waals surface area (Å²) < 4.78 is 24.3. The number of ether oxygens (including phenoxy) is 1. The quantitative estimate of drug-likeness (QED) is 0.775. The zero-order chi connectivity index (χ0) is 20.2. The van der Waals surface area contributed by atoms with Gasteiger partial charge in [-0.25, -0.2) is 4.21 Å². The minimum Gasteiger partial charge on any atom is -0.492 e. The smallest absolute Gasteiger partial charge is 0.245 e. The number of carbonyl (C=O) groups is 1. The van der Waals surface area contributed by atoms with Crippen LogP contribution in [-0.2, 0) is 22.4 Å². The lowest BCUT2D eigenvalue weighted by Gasteiger charge is -2.33. The lowest BCUT2D eigenvalue weighted by Crippen LogP contribution is -2.42. The van der Waals surface area contributed by atoms with Gasteiger partial charge in [-0.1, -0.05) is 12.1 Å². The van der Waals surface area contributed by atoms with Crippen molar-refractivity contribution in [2.45, 2.75) is 19.3 Å². The number of benzene rings is 1. The highest BCUT2D eigenvalue weighted by molar-refractivity contribution is 7.85. The number of hydrogen-bond acceptors (Lipinski definition) is 5. The van der Waals surface area contributed by atoms with E-state index in [0.29, 0.717) is 36.6 Å². The molecule has 1 fully saturated rings. The summed E-state index contributed by atoms with van der Waals surface area (Å²) in [5, 5.41) is 0. The third-order valence-corrected chi connectivity index (χ3v) is 5.84. The number of piperidine rings is 1. The summed E-state index contributed by atoms with van der Waals surface area (Å²) in [7, 11) is 0. The Balaban J connectivity index is 1.38. The van der Waals surface area contributed by atoms with Gasteiger partial charge in [0.2, 0.25) is 17.1 Å². The molecule has 152 valence electrons. The molecule has 0 aliphatic carbocycles. The molecule has 0 bridgehead atoms. The van der Waals surface area contributed by atoms with Gasteiger partial charge in [-0.15, -0.1) is 0 Å². The first-order chi connectivity index (χ1) is 14.1. The van der Waals surface area contributed by atoms with Crippen molar-refractivity contribution in [3.63, 3.8) is 0 Å². The molecule has 0 saturated carbocycles. The fraction of sp³-hybridized carbons (Fsp3) is 0.350. The SMILES string of the molecule is NC1=NS(=O)Nc2cccc(OC[C@H]3CCCN(C(=O)Cc4cccnc4)C3)c21. The summed E-state index contributed by atoms with van der Waals surface area (Å²) in [5.74, 6) is 1.15. The van der Waals surface area contributed by atoms with Gasteiger partial charge in [0.1, 0.15) is 11.6 Å². The molecule has 1 saturated heterocycles. The van der Waals surface area contributed by atoms with Crippen molar-refractivity contribution in [1.29, 1.82) is 0 Å². The highest BCUT2D eigenvalue weighted by Gasteiger charge is 2.25. The Morgan fingerprint density at radius 1 is 1.34 bits per heavy atom. The van der Waals surface area contributed by atoms with E-state index in [0.717, 1.165) is 24.9 Å². The van der Waals surface area contributed by atoms with Crippen molar-refractivity contribution in [3.05, 3.63) is 53.9 Å². The van der Waals surface area contributed by atoms with Crippen LogP contribution in [0.5, 0.6) is 5.75 Å². The van der Waals surface area contributed by atoms with Crippen molar-refractivity contribution in [3.8, 4) is 5.75 Å². The van der Waals surface area contributed by atoms with Crippen LogP contribution in [-0.4, -0.2) is 45.5 Å². The number of fused-ring (bicyclic) bond motifs is 1. The average Bonchev–Trinajstić information content (AvgIpc) is 2.72. The summed E-state index contributed by atoms with van der Waals surface area (Å²) in [6.45, 7) is 1.91. The summed E-state index contributed by atoms with van der Waals surface area (Å²) >= 11 is -1.57. The number of anilines is 1. The molecular weight excluding hydrogens is 390 g/mol. The first-order valence-corrected chi connectivity index (χ1v) is 10.7. The molecule has 2 aliphatic heterocycles. The molecule has 4 rings (SSSR count). The molecule has 3 N–H and O–H groups in total. The Labute approximate surface area is 171 Å². The van der Waals surface area contributed by atoms with Gasteiger partial charge >= 0.3 is 0 Å². The summed E-state index contributed by atoms with van der Waals surface area (Å²) in [6, 6.07) is 9.20. The van der Waals surface area contributed by atoms with Crippen molar-refractivity contribution in [1.82, 2.24) is 9.88 Å². The predicted octanol–water partition coefficient (Wildman–Crippen LogP) is 1.65. The number of aromatic nitrogens is 1. The second-order valence-corrected chi connectivity index (χ2v) is 8.09. The molecule has 2 atom stereocenters. The van der Waals surface area contributed by atoms with Crippen LogP contribution in [0.3, 0.4) is 0 Å². The number of nitrogens with one attached hydrogen (secondary N) is 1. The lowest BCUT2D eigenvalue weighted by atomic mass is 9.98. The second-order valence-electron chi connectivity index (χ2n) is 7.20. The number of pyridine rings is 1. The molecule has 1 aromatic heterocycles. The third-order valence-electron chi connectivity index (χ3n) is 5.09. The molecule has 9 heteroatoms. The minimum absolute atomic E-state index is 0.114. The standard InChI is InChI=1S/C20H23N5O3S/c21-20-19-16(23-29(27)24-20)6-1-7-17(19)28-13-15-5-3-9-25(12-15)18(26)10-14-4-2-8-22-11-14/h1-2,4,6-8,11,15,23H,3,5,9-10,12-13H2,(H2,21,24)/t15-,29?/m0/s1. The van der Waals surface area contributed by atoms with Crippen LogP contribution in [0.1, 0.15) is 24.0 Å². The lowest BCUT2D eigenvalue weighted by molar-refractivity contribution is -0.132. The van der Waals surface area contributed by atoms with Crippen LogP contribution >= 0.6 is 0 Å². The maximum absolute atomic E-state index is 12.6. The van der Waals surface area contributed by atoms with Crippen molar-refractivity contribution >= 4 is 28.6 Å². The van der Waals surface area contributed by atoms with E-state index < -0.39 is 11.2 Å². The number of carbonyl (C=O) groups excluding carboxylic acids is 1. The van der Waals surface area contributed by atoms with Crippen LogP contribution in [0, 0.1) is 5.92 Å². The fourth-order valence-electron chi connectivity index (χ4n) is 3.68. The Kier molecular flexibility index (Phi) is 5.75. The van der Waals surface area contributed by atoms with Crippen LogP contribution < -0.4 is 15.2 Å². The van der Waals surface area contributed by atoms with Crippen LogP contribution in [0.4, 0.5) is 5.69 Å². The van der Waals surface area contributed by atoms with E-state index in [-0.39, 0.29) is 17.7 Å². The van der Waals surface area contributed by atoms with E-state index in [1.54, 1.807) is 18.5 Å². The van der Waals surface area contributed by atoms with Gasteiger partial charge in [0.05, 0.1) is 24.3 Å². The number of amidine groups is 1. The van der Waals surface area contributed by atoms with Gasteiger partial charge < -0.3 is 15.4 Å². The Bertz CT molecular complexity index is 950. The number of likely N-dealkylation sites (tertiary alicyclic amines) is 1. The molecular formula is C20H23N5O3S. The summed E-state index contributed by atoms with van der Waals surface area (Å²) in [4.78, 5) is 18.6. The van der Waals surface area contributed by atoms with Gasteiger partial charge in [0.25, 0.3) is 0 Å². The number of nitrogens with two attached hydrogens (primary N) is 1.